The van der Waals surface area contributed by atoms with Crippen molar-refractivity contribution in [1.29, 1.82) is 0 Å². The summed E-state index contributed by atoms with van der Waals surface area (Å²) in [5.41, 5.74) is 1.01. The molecule has 3 heterocycles. The van der Waals surface area contributed by atoms with Gasteiger partial charge in [0.25, 0.3) is 11.9 Å². The molecule has 0 aliphatic rings. The number of carbonyl (C=O) groups excluding carboxylic acids is 1. The van der Waals surface area contributed by atoms with E-state index in [-0.39, 0.29) is 5.91 Å². The molecule has 4 aromatic rings. The molecule has 0 aliphatic heterocycles. The molecule has 1 N–H and O–H groups in total. The van der Waals surface area contributed by atoms with Crippen LogP contribution in [0.25, 0.3) is 11.6 Å². The van der Waals surface area contributed by atoms with Crippen molar-refractivity contribution >= 4 is 17.5 Å². The Balaban J connectivity index is 1.57. The number of nitrogens with one attached hydrogen (secondary N) is 1. The summed E-state index contributed by atoms with van der Waals surface area (Å²) in [6.45, 7) is 1.80. The van der Waals surface area contributed by atoms with Crippen LogP contribution in [0.1, 0.15) is 29.1 Å². The highest BCUT2D eigenvalue weighted by molar-refractivity contribution is 6.31. The van der Waals surface area contributed by atoms with Crippen LogP contribution in [-0.4, -0.2) is 45.4 Å². The Labute approximate surface area is 164 Å². The van der Waals surface area contributed by atoms with Gasteiger partial charge in [0, 0.05) is 23.0 Å². The number of benzene rings is 1. The van der Waals surface area contributed by atoms with Crippen LogP contribution in [0.5, 0.6) is 0 Å². The molecule has 1 atom stereocenters. The van der Waals surface area contributed by atoms with Gasteiger partial charge in [-0.15, -0.1) is 0 Å². The number of rotatable bonds is 5. The SMILES string of the molecule is CC(NC(=O)c1cc(Cl)cc(-n2cncn2)c1)c1ncnn1-c1ncccn1. The van der Waals surface area contributed by atoms with Crippen LogP contribution in [0.4, 0.5) is 0 Å². The van der Waals surface area contributed by atoms with E-state index in [0.717, 1.165) is 0 Å². The monoisotopic (exact) mass is 395 g/mol. The Morgan fingerprint density at radius 2 is 1.93 bits per heavy atom. The van der Waals surface area contributed by atoms with Gasteiger partial charge in [-0.05, 0) is 31.2 Å². The lowest BCUT2D eigenvalue weighted by Crippen LogP contribution is -2.29. The molecule has 0 aliphatic carbocycles. The van der Waals surface area contributed by atoms with E-state index in [1.165, 1.54) is 28.3 Å². The average molecular weight is 396 g/mol. The van der Waals surface area contributed by atoms with Gasteiger partial charge in [0.2, 0.25) is 0 Å². The largest absolute Gasteiger partial charge is 0.342 e. The fourth-order valence-electron chi connectivity index (χ4n) is 2.62. The first-order valence-electron chi connectivity index (χ1n) is 8.25. The minimum atomic E-state index is -0.451. The zero-order valence-electron chi connectivity index (χ0n) is 14.6. The van der Waals surface area contributed by atoms with Crippen molar-refractivity contribution in [3.63, 3.8) is 0 Å². The van der Waals surface area contributed by atoms with Crippen LogP contribution in [0.15, 0.2) is 55.6 Å². The summed E-state index contributed by atoms with van der Waals surface area (Å²) in [4.78, 5) is 29.2. The summed E-state index contributed by atoms with van der Waals surface area (Å²) >= 11 is 6.17. The van der Waals surface area contributed by atoms with Crippen molar-refractivity contribution in [2.75, 3.05) is 0 Å². The predicted molar refractivity (Wildman–Crippen MR) is 99.2 cm³/mol. The van der Waals surface area contributed by atoms with Gasteiger partial charge >= 0.3 is 0 Å². The third kappa shape index (κ3) is 3.58. The summed E-state index contributed by atoms with van der Waals surface area (Å²) < 4.78 is 3.00. The van der Waals surface area contributed by atoms with Gasteiger partial charge in [0.05, 0.1) is 11.7 Å². The molecule has 11 heteroatoms. The number of amides is 1. The Morgan fingerprint density at radius 1 is 1.11 bits per heavy atom. The number of halogens is 1. The lowest BCUT2D eigenvalue weighted by molar-refractivity contribution is 0.0938. The van der Waals surface area contributed by atoms with Crippen molar-refractivity contribution in [2.24, 2.45) is 0 Å². The van der Waals surface area contributed by atoms with E-state index in [2.05, 4.69) is 35.5 Å². The lowest BCUT2D eigenvalue weighted by Gasteiger charge is -2.14. The fourth-order valence-corrected chi connectivity index (χ4v) is 2.85. The van der Waals surface area contributed by atoms with Crippen molar-refractivity contribution in [3.8, 4) is 11.6 Å². The molecule has 0 bridgehead atoms. The number of hydrogen-bond donors (Lipinski definition) is 1. The zero-order valence-corrected chi connectivity index (χ0v) is 15.4. The minimum Gasteiger partial charge on any atom is -0.342 e. The summed E-state index contributed by atoms with van der Waals surface area (Å²) in [6.07, 6.45) is 7.53. The van der Waals surface area contributed by atoms with Crippen molar-refractivity contribution < 1.29 is 4.79 Å². The second kappa shape index (κ2) is 7.53. The number of nitrogens with zero attached hydrogens (tertiary/aromatic N) is 8. The summed E-state index contributed by atoms with van der Waals surface area (Å²) in [6, 6.07) is 6.20. The molecule has 4 rings (SSSR count). The molecule has 0 fully saturated rings. The molecule has 3 aromatic heterocycles. The van der Waals surface area contributed by atoms with Crippen molar-refractivity contribution in [3.05, 3.63) is 72.1 Å². The van der Waals surface area contributed by atoms with Gasteiger partial charge in [-0.1, -0.05) is 11.6 Å². The van der Waals surface area contributed by atoms with E-state index in [1.807, 2.05) is 0 Å². The average Bonchev–Trinajstić information content (AvgIpc) is 3.40. The Hall–Kier alpha value is -3.66. The zero-order chi connectivity index (χ0) is 19.5. The highest BCUT2D eigenvalue weighted by Crippen LogP contribution is 2.19. The molecule has 140 valence electrons. The maximum absolute atomic E-state index is 12.8. The van der Waals surface area contributed by atoms with Gasteiger partial charge in [-0.25, -0.2) is 24.6 Å². The second-order valence-electron chi connectivity index (χ2n) is 5.81. The molecule has 1 unspecified atom stereocenters. The van der Waals surface area contributed by atoms with Crippen LogP contribution < -0.4 is 5.32 Å². The van der Waals surface area contributed by atoms with Crippen molar-refractivity contribution in [1.82, 2.24) is 44.8 Å². The smallest absolute Gasteiger partial charge is 0.252 e. The fraction of sp³-hybridized carbons (Fsp3) is 0.118. The van der Waals surface area contributed by atoms with Crippen LogP contribution in [0.3, 0.4) is 0 Å². The maximum atomic E-state index is 12.8. The van der Waals surface area contributed by atoms with E-state index in [9.17, 15) is 4.79 Å². The Bertz CT molecular complexity index is 1100. The minimum absolute atomic E-state index is 0.320. The van der Waals surface area contributed by atoms with E-state index < -0.39 is 6.04 Å². The number of carbonyl (C=O) groups is 1. The normalized spacial score (nSPS) is 11.9. The lowest BCUT2D eigenvalue weighted by atomic mass is 10.1. The first-order chi connectivity index (χ1) is 13.6. The quantitative estimate of drug-likeness (QED) is 0.547. The number of aromatic nitrogens is 8. The Morgan fingerprint density at radius 3 is 2.68 bits per heavy atom. The third-order valence-corrected chi connectivity index (χ3v) is 4.10. The molecule has 0 saturated carbocycles. The molecule has 1 amide bonds. The summed E-state index contributed by atoms with van der Waals surface area (Å²) in [5.74, 6) is 0.547. The topological polar surface area (TPSA) is 116 Å². The molecular formula is C17H14ClN9O. The van der Waals surface area contributed by atoms with Gasteiger partial charge in [0.15, 0.2) is 5.82 Å². The van der Waals surface area contributed by atoms with E-state index in [0.29, 0.717) is 28.0 Å². The molecule has 28 heavy (non-hydrogen) atoms. The summed E-state index contributed by atoms with van der Waals surface area (Å²) in [7, 11) is 0. The molecule has 0 saturated heterocycles. The molecule has 0 spiro atoms. The maximum Gasteiger partial charge on any atom is 0.252 e. The first-order valence-corrected chi connectivity index (χ1v) is 8.63. The van der Waals surface area contributed by atoms with Crippen molar-refractivity contribution in [2.45, 2.75) is 13.0 Å². The van der Waals surface area contributed by atoms with E-state index in [1.54, 1.807) is 43.6 Å². The third-order valence-electron chi connectivity index (χ3n) is 3.88. The van der Waals surface area contributed by atoms with Crippen LogP contribution in [0.2, 0.25) is 5.02 Å². The van der Waals surface area contributed by atoms with Gasteiger partial charge < -0.3 is 5.32 Å². The number of hydrogen-bond acceptors (Lipinski definition) is 7. The predicted octanol–water partition coefficient (Wildman–Crippen LogP) is 1.78. The van der Waals surface area contributed by atoms with E-state index in [4.69, 9.17) is 11.6 Å². The molecule has 0 radical (unpaired) electrons. The molecule has 10 nitrogen and oxygen atoms in total. The van der Waals surface area contributed by atoms with E-state index >= 15 is 0 Å². The van der Waals surface area contributed by atoms with Gasteiger partial charge in [-0.3, -0.25) is 4.79 Å². The van der Waals surface area contributed by atoms with Crippen LogP contribution in [-0.2, 0) is 0 Å². The standard InChI is InChI=1S/C17H14ClN9O/c1-11(15-22-9-24-27(15)17-20-3-2-4-21-17)25-16(28)12-5-13(18)7-14(6-12)26-10-19-8-23-26/h2-11H,1H3,(H,25,28). The highest BCUT2D eigenvalue weighted by atomic mass is 35.5. The van der Waals surface area contributed by atoms with Crippen LogP contribution >= 0.6 is 11.6 Å². The Kier molecular flexibility index (Phi) is 4.77. The highest BCUT2D eigenvalue weighted by Gasteiger charge is 2.19. The summed E-state index contributed by atoms with van der Waals surface area (Å²) in [5, 5.41) is 11.5. The van der Waals surface area contributed by atoms with Gasteiger partial charge in [0.1, 0.15) is 19.0 Å². The van der Waals surface area contributed by atoms with Gasteiger partial charge in [-0.2, -0.15) is 14.9 Å². The van der Waals surface area contributed by atoms with Crippen LogP contribution in [0, 0.1) is 0 Å². The first kappa shape index (κ1) is 17.7. The molecule has 1 aromatic carbocycles. The molecular weight excluding hydrogens is 382 g/mol. The second-order valence-corrected chi connectivity index (χ2v) is 6.25.